The molecular weight excluding hydrogens is 559 g/mol. The van der Waals surface area contributed by atoms with Gasteiger partial charge in [0.2, 0.25) is 0 Å². The SMILES string of the molecule is CN(c1nc(-c2ccc(F)cc2)c(C#N)s1)c1c2cc(N3CCN(C(=O)[C@@]4(O)CCOC4)CC3)cnc2nn1C1CC1. The van der Waals surface area contributed by atoms with Crippen molar-refractivity contribution in [2.24, 2.45) is 0 Å². The molecule has 11 nitrogen and oxygen atoms in total. The third-order valence-corrected chi connectivity index (χ3v) is 9.21. The maximum Gasteiger partial charge on any atom is 0.257 e. The van der Waals surface area contributed by atoms with E-state index in [1.54, 1.807) is 17.0 Å². The van der Waals surface area contributed by atoms with Crippen molar-refractivity contribution in [2.45, 2.75) is 30.9 Å². The van der Waals surface area contributed by atoms with E-state index in [1.807, 2.05) is 22.8 Å². The maximum absolute atomic E-state index is 13.5. The fourth-order valence-electron chi connectivity index (χ4n) is 5.65. The van der Waals surface area contributed by atoms with E-state index in [4.69, 9.17) is 19.8 Å². The van der Waals surface area contributed by atoms with Gasteiger partial charge in [0.15, 0.2) is 16.4 Å². The molecule has 3 aliphatic rings. The normalized spacial score (nSPS) is 20.7. The number of hydrogen-bond acceptors (Lipinski definition) is 10. The Morgan fingerprint density at radius 2 is 2.00 bits per heavy atom. The number of thiazole rings is 1. The molecule has 0 bridgehead atoms. The van der Waals surface area contributed by atoms with Crippen molar-refractivity contribution in [3.8, 4) is 17.3 Å². The number of piperazine rings is 1. The lowest BCUT2D eigenvalue weighted by Crippen LogP contribution is -2.56. The Labute approximate surface area is 245 Å². The Balaban J connectivity index is 1.18. The first-order valence-corrected chi connectivity index (χ1v) is 14.8. The Morgan fingerprint density at radius 3 is 2.67 bits per heavy atom. The third-order valence-electron chi connectivity index (χ3n) is 8.18. The number of carbonyl (C=O) groups is 1. The van der Waals surface area contributed by atoms with E-state index in [1.165, 1.54) is 23.5 Å². The number of nitrogens with zero attached hydrogens (tertiary/aromatic N) is 8. The van der Waals surface area contributed by atoms with Crippen LogP contribution in [0.4, 0.5) is 21.0 Å². The molecule has 13 heteroatoms. The van der Waals surface area contributed by atoms with Gasteiger partial charge < -0.3 is 24.5 Å². The average molecular weight is 589 g/mol. The van der Waals surface area contributed by atoms with Crippen molar-refractivity contribution in [3.05, 3.63) is 47.2 Å². The standard InChI is InChI=1S/C29H29FN8O3S/c1-35(28-33-24(23(15-31)42-28)18-2-4-19(30)5-3-18)26-22-14-21(16-32-25(22)34-38(26)20-6-7-20)36-9-11-37(12-10-36)27(39)29(40)8-13-41-17-29/h2-5,14,16,20,40H,6-13,17H2,1H3/t29-/m1/s1. The lowest BCUT2D eigenvalue weighted by atomic mass is 10.0. The summed E-state index contributed by atoms with van der Waals surface area (Å²) in [5.41, 5.74) is 1.33. The van der Waals surface area contributed by atoms with E-state index in [0.717, 1.165) is 29.7 Å². The molecule has 2 aliphatic heterocycles. The van der Waals surface area contributed by atoms with Crippen LogP contribution >= 0.6 is 11.3 Å². The van der Waals surface area contributed by atoms with Crippen LogP contribution in [-0.4, -0.2) is 87.7 Å². The zero-order valence-corrected chi connectivity index (χ0v) is 23.8. The highest BCUT2D eigenvalue weighted by Gasteiger charge is 2.43. The molecule has 0 radical (unpaired) electrons. The first-order valence-electron chi connectivity index (χ1n) is 14.0. The van der Waals surface area contributed by atoms with Gasteiger partial charge in [-0.05, 0) is 43.2 Å². The molecule has 0 unspecified atom stereocenters. The van der Waals surface area contributed by atoms with Gasteiger partial charge in [0.05, 0.1) is 36.5 Å². The lowest BCUT2D eigenvalue weighted by molar-refractivity contribution is -0.151. The Bertz CT molecular complexity index is 1700. The number of pyridine rings is 1. The molecule has 4 aromatic rings. The van der Waals surface area contributed by atoms with Crippen LogP contribution in [0.1, 0.15) is 30.2 Å². The summed E-state index contributed by atoms with van der Waals surface area (Å²) in [6.07, 6.45) is 4.19. The van der Waals surface area contributed by atoms with E-state index < -0.39 is 5.60 Å². The van der Waals surface area contributed by atoms with Crippen LogP contribution in [-0.2, 0) is 9.53 Å². The largest absolute Gasteiger partial charge is 0.378 e. The Hall–Kier alpha value is -4.12. The summed E-state index contributed by atoms with van der Waals surface area (Å²) < 4.78 is 20.8. The van der Waals surface area contributed by atoms with Crippen LogP contribution in [0.25, 0.3) is 22.3 Å². The van der Waals surface area contributed by atoms with Gasteiger partial charge in [0, 0.05) is 45.2 Å². The van der Waals surface area contributed by atoms with E-state index in [2.05, 4.69) is 17.0 Å². The minimum atomic E-state index is -1.42. The summed E-state index contributed by atoms with van der Waals surface area (Å²) in [5.74, 6) is 0.243. The van der Waals surface area contributed by atoms with Crippen molar-refractivity contribution in [1.29, 1.82) is 5.26 Å². The fourth-order valence-corrected chi connectivity index (χ4v) is 6.50. The number of fused-ring (bicyclic) bond motifs is 1. The second-order valence-electron chi connectivity index (χ2n) is 11.0. The predicted molar refractivity (Wildman–Crippen MR) is 155 cm³/mol. The maximum atomic E-state index is 13.5. The van der Waals surface area contributed by atoms with Gasteiger partial charge in [-0.1, -0.05) is 11.3 Å². The molecular formula is C29H29FN8O3S. The minimum Gasteiger partial charge on any atom is -0.378 e. The van der Waals surface area contributed by atoms with Gasteiger partial charge in [0.25, 0.3) is 5.91 Å². The first kappa shape index (κ1) is 26.8. The highest BCUT2D eigenvalue weighted by Crippen LogP contribution is 2.44. The molecule has 5 heterocycles. The first-order chi connectivity index (χ1) is 20.3. The topological polar surface area (TPSA) is 124 Å². The van der Waals surface area contributed by atoms with Crippen LogP contribution in [0.15, 0.2) is 36.5 Å². The van der Waals surface area contributed by atoms with E-state index in [9.17, 15) is 19.6 Å². The van der Waals surface area contributed by atoms with Gasteiger partial charge in [-0.2, -0.15) is 10.4 Å². The monoisotopic (exact) mass is 588 g/mol. The number of carbonyl (C=O) groups excluding carboxylic acids is 1. The number of hydrogen-bond donors (Lipinski definition) is 1. The van der Waals surface area contributed by atoms with Crippen molar-refractivity contribution in [2.75, 3.05) is 56.2 Å². The van der Waals surface area contributed by atoms with Crippen molar-refractivity contribution >= 4 is 44.9 Å². The molecule has 42 heavy (non-hydrogen) atoms. The zero-order chi connectivity index (χ0) is 29.0. The molecule has 1 atom stereocenters. The number of aliphatic hydroxyl groups is 1. The molecule has 1 aliphatic carbocycles. The summed E-state index contributed by atoms with van der Waals surface area (Å²) in [4.78, 5) is 28.7. The summed E-state index contributed by atoms with van der Waals surface area (Å²) >= 11 is 1.28. The molecule has 0 spiro atoms. The molecule has 1 amide bonds. The molecule has 216 valence electrons. The van der Waals surface area contributed by atoms with Gasteiger partial charge in [-0.25, -0.2) is 19.0 Å². The van der Waals surface area contributed by atoms with Crippen LogP contribution in [0, 0.1) is 17.1 Å². The van der Waals surface area contributed by atoms with Gasteiger partial charge >= 0.3 is 0 Å². The lowest BCUT2D eigenvalue weighted by Gasteiger charge is -2.38. The molecule has 1 aromatic carbocycles. The molecule has 2 saturated heterocycles. The number of ether oxygens (including phenoxy) is 1. The number of anilines is 3. The summed E-state index contributed by atoms with van der Waals surface area (Å²) in [6, 6.07) is 10.6. The van der Waals surface area contributed by atoms with Gasteiger partial charge in [-0.3, -0.25) is 4.79 Å². The second-order valence-corrected chi connectivity index (χ2v) is 12.0. The number of aromatic nitrogens is 4. The van der Waals surface area contributed by atoms with Crippen LogP contribution < -0.4 is 9.80 Å². The molecule has 1 saturated carbocycles. The predicted octanol–water partition coefficient (Wildman–Crippen LogP) is 3.47. The molecule has 3 aromatic heterocycles. The van der Waals surface area contributed by atoms with E-state index in [0.29, 0.717) is 66.1 Å². The summed E-state index contributed by atoms with van der Waals surface area (Å²) in [6.45, 7) is 2.65. The van der Waals surface area contributed by atoms with Crippen molar-refractivity contribution in [1.82, 2.24) is 24.6 Å². The zero-order valence-electron chi connectivity index (χ0n) is 23.0. The molecule has 3 fully saturated rings. The number of nitriles is 1. The number of benzene rings is 1. The quantitative estimate of drug-likeness (QED) is 0.361. The average Bonchev–Trinajstić information content (AvgIpc) is 3.43. The highest BCUT2D eigenvalue weighted by molar-refractivity contribution is 7.16. The fraction of sp³-hybridized carbons (Fsp3) is 0.414. The molecule has 1 N–H and O–H groups in total. The number of rotatable bonds is 6. The van der Waals surface area contributed by atoms with E-state index in [-0.39, 0.29) is 24.4 Å². The highest BCUT2D eigenvalue weighted by atomic mass is 32.1. The van der Waals surface area contributed by atoms with E-state index >= 15 is 0 Å². The minimum absolute atomic E-state index is 0.0499. The Kier molecular flexibility index (Phi) is 6.56. The number of halogens is 1. The summed E-state index contributed by atoms with van der Waals surface area (Å²) in [5, 5.41) is 26.8. The third kappa shape index (κ3) is 4.65. The van der Waals surface area contributed by atoms with Gasteiger partial charge in [0.1, 0.15) is 28.3 Å². The van der Waals surface area contributed by atoms with Crippen molar-refractivity contribution in [3.63, 3.8) is 0 Å². The van der Waals surface area contributed by atoms with Crippen LogP contribution in [0.2, 0.25) is 0 Å². The van der Waals surface area contributed by atoms with Gasteiger partial charge in [-0.15, -0.1) is 0 Å². The van der Waals surface area contributed by atoms with Crippen LogP contribution in [0.3, 0.4) is 0 Å². The molecule has 7 rings (SSSR count). The number of amides is 1. The second kappa shape index (κ2) is 10.3. The van der Waals surface area contributed by atoms with Crippen molar-refractivity contribution < 1.29 is 19.0 Å². The smallest absolute Gasteiger partial charge is 0.257 e. The van der Waals surface area contributed by atoms with Crippen LogP contribution in [0.5, 0.6) is 0 Å². The summed E-state index contributed by atoms with van der Waals surface area (Å²) in [7, 11) is 1.91. The Morgan fingerprint density at radius 1 is 1.24 bits per heavy atom.